The Morgan fingerprint density at radius 3 is 2.16 bits per heavy atom. The van der Waals surface area contributed by atoms with E-state index < -0.39 is 6.10 Å². The smallest absolute Gasteiger partial charge is 0.262 e. The van der Waals surface area contributed by atoms with E-state index in [0.717, 1.165) is 16.7 Å². The van der Waals surface area contributed by atoms with Gasteiger partial charge in [-0.15, -0.1) is 0 Å². The summed E-state index contributed by atoms with van der Waals surface area (Å²) in [6, 6.07) is 3.75. The molecular formula is C14H20N2O2S. The van der Waals surface area contributed by atoms with Crippen molar-refractivity contribution in [2.75, 3.05) is 14.1 Å². The van der Waals surface area contributed by atoms with Gasteiger partial charge >= 0.3 is 0 Å². The summed E-state index contributed by atoms with van der Waals surface area (Å²) in [4.78, 5) is 13.7. The molecule has 1 atom stereocenters. The van der Waals surface area contributed by atoms with Crippen molar-refractivity contribution >= 4 is 23.1 Å². The number of hydrogen-bond acceptors (Lipinski definition) is 3. The molecule has 1 unspecified atom stereocenters. The Morgan fingerprint density at radius 2 is 1.79 bits per heavy atom. The lowest BCUT2D eigenvalue weighted by atomic mass is 10.1. The molecular weight excluding hydrogens is 260 g/mol. The lowest BCUT2D eigenvalue weighted by Gasteiger charge is -2.21. The van der Waals surface area contributed by atoms with E-state index in [1.54, 1.807) is 21.0 Å². The summed E-state index contributed by atoms with van der Waals surface area (Å²) >= 11 is 4.96. The molecule has 1 rings (SSSR count). The number of nitrogens with two attached hydrogens (primary N) is 1. The number of benzene rings is 1. The Kier molecular flexibility index (Phi) is 4.89. The van der Waals surface area contributed by atoms with Crippen LogP contribution in [0.4, 0.5) is 0 Å². The van der Waals surface area contributed by atoms with Gasteiger partial charge in [0.2, 0.25) is 0 Å². The number of likely N-dealkylation sites (N-methyl/N-ethyl adjacent to an activating group) is 1. The maximum atomic E-state index is 11.8. The van der Waals surface area contributed by atoms with Crippen LogP contribution in [0.3, 0.4) is 0 Å². The molecule has 1 aromatic rings. The molecule has 0 heterocycles. The Labute approximate surface area is 119 Å². The summed E-state index contributed by atoms with van der Waals surface area (Å²) < 4.78 is 5.76. The van der Waals surface area contributed by atoms with Gasteiger partial charge in [0, 0.05) is 19.7 Å². The molecule has 0 bridgehead atoms. The van der Waals surface area contributed by atoms with Crippen LogP contribution in [0.5, 0.6) is 5.75 Å². The second kappa shape index (κ2) is 6.02. The lowest BCUT2D eigenvalue weighted by molar-refractivity contribution is -0.135. The summed E-state index contributed by atoms with van der Waals surface area (Å²) in [5.74, 6) is 0.639. The van der Waals surface area contributed by atoms with Crippen molar-refractivity contribution in [3.05, 3.63) is 28.8 Å². The van der Waals surface area contributed by atoms with Gasteiger partial charge in [0.05, 0.1) is 0 Å². The first-order chi connectivity index (χ1) is 8.73. The third-order valence-electron chi connectivity index (χ3n) is 2.83. The molecule has 0 aromatic heterocycles. The molecule has 0 fully saturated rings. The third-order valence-corrected chi connectivity index (χ3v) is 3.06. The van der Waals surface area contributed by atoms with E-state index in [0.29, 0.717) is 10.7 Å². The van der Waals surface area contributed by atoms with Gasteiger partial charge in [-0.2, -0.15) is 0 Å². The fraction of sp³-hybridized carbons (Fsp3) is 0.429. The van der Waals surface area contributed by atoms with E-state index in [9.17, 15) is 4.79 Å². The van der Waals surface area contributed by atoms with Crippen LogP contribution < -0.4 is 10.5 Å². The molecule has 0 radical (unpaired) electrons. The quantitative estimate of drug-likeness (QED) is 0.854. The second-order valence-corrected chi connectivity index (χ2v) is 5.24. The minimum absolute atomic E-state index is 0.0720. The van der Waals surface area contributed by atoms with Crippen LogP contribution in [0.2, 0.25) is 0 Å². The average molecular weight is 280 g/mol. The van der Waals surface area contributed by atoms with Gasteiger partial charge in [-0.3, -0.25) is 4.79 Å². The summed E-state index contributed by atoms with van der Waals surface area (Å²) in [7, 11) is 3.41. The van der Waals surface area contributed by atoms with E-state index >= 15 is 0 Å². The van der Waals surface area contributed by atoms with E-state index in [1.165, 1.54) is 4.90 Å². The largest absolute Gasteiger partial charge is 0.480 e. The number of carbonyl (C=O) groups is 1. The average Bonchev–Trinajstić information content (AvgIpc) is 2.31. The highest BCUT2D eigenvalue weighted by atomic mass is 32.1. The summed E-state index contributed by atoms with van der Waals surface area (Å²) in [5.41, 5.74) is 8.27. The Morgan fingerprint density at radius 1 is 1.32 bits per heavy atom. The molecule has 0 aliphatic heterocycles. The molecule has 1 aromatic carbocycles. The maximum Gasteiger partial charge on any atom is 0.262 e. The van der Waals surface area contributed by atoms with Gasteiger partial charge in [-0.05, 0) is 44.0 Å². The number of rotatable bonds is 4. The van der Waals surface area contributed by atoms with Gasteiger partial charge in [-0.1, -0.05) is 12.2 Å². The van der Waals surface area contributed by atoms with Crippen molar-refractivity contribution in [3.8, 4) is 5.75 Å². The standard InChI is InChI=1S/C14H20N2O2S/c1-8-6-11(13(15)19)7-9(2)12(8)18-10(3)14(17)16(4)5/h6-7,10H,1-5H3,(H2,15,19). The van der Waals surface area contributed by atoms with Crippen LogP contribution in [0.1, 0.15) is 23.6 Å². The number of ether oxygens (including phenoxy) is 1. The van der Waals surface area contributed by atoms with Gasteiger partial charge in [0.25, 0.3) is 5.91 Å². The minimum Gasteiger partial charge on any atom is -0.480 e. The lowest BCUT2D eigenvalue weighted by Crippen LogP contribution is -2.35. The molecule has 104 valence electrons. The predicted octanol–water partition coefficient (Wildman–Crippen LogP) is 1.79. The van der Waals surface area contributed by atoms with Crippen molar-refractivity contribution in [1.82, 2.24) is 4.90 Å². The minimum atomic E-state index is -0.525. The van der Waals surface area contributed by atoms with Crippen LogP contribution in [-0.2, 0) is 4.79 Å². The van der Waals surface area contributed by atoms with Crippen molar-refractivity contribution in [1.29, 1.82) is 0 Å². The Bertz CT molecular complexity index is 489. The molecule has 4 nitrogen and oxygen atoms in total. The molecule has 0 aliphatic carbocycles. The van der Waals surface area contributed by atoms with Gasteiger partial charge < -0.3 is 15.4 Å². The Balaban J connectivity index is 3.03. The molecule has 19 heavy (non-hydrogen) atoms. The van der Waals surface area contributed by atoms with Crippen LogP contribution in [-0.4, -0.2) is 36.0 Å². The zero-order chi connectivity index (χ0) is 14.7. The SMILES string of the molecule is Cc1cc(C(N)=S)cc(C)c1OC(C)C(=O)N(C)C. The van der Waals surface area contributed by atoms with Crippen molar-refractivity contribution in [2.24, 2.45) is 5.73 Å². The number of amides is 1. The van der Waals surface area contributed by atoms with Crippen LogP contribution in [0.25, 0.3) is 0 Å². The van der Waals surface area contributed by atoms with Gasteiger partial charge in [0.1, 0.15) is 10.7 Å². The number of nitrogens with zero attached hydrogens (tertiary/aromatic N) is 1. The molecule has 0 spiro atoms. The molecule has 0 saturated heterocycles. The van der Waals surface area contributed by atoms with Crippen molar-refractivity contribution in [3.63, 3.8) is 0 Å². The molecule has 2 N–H and O–H groups in total. The number of hydrogen-bond donors (Lipinski definition) is 1. The first-order valence-electron chi connectivity index (χ1n) is 6.03. The summed E-state index contributed by atoms with van der Waals surface area (Å²) in [6.45, 7) is 5.57. The van der Waals surface area contributed by atoms with Crippen LogP contribution >= 0.6 is 12.2 Å². The predicted molar refractivity (Wildman–Crippen MR) is 80.6 cm³/mol. The topological polar surface area (TPSA) is 55.6 Å². The van der Waals surface area contributed by atoms with Gasteiger partial charge in [-0.25, -0.2) is 0 Å². The molecule has 0 saturated carbocycles. The monoisotopic (exact) mass is 280 g/mol. The van der Waals surface area contributed by atoms with Crippen LogP contribution in [0, 0.1) is 13.8 Å². The second-order valence-electron chi connectivity index (χ2n) is 4.80. The highest BCUT2D eigenvalue weighted by Gasteiger charge is 2.18. The highest BCUT2D eigenvalue weighted by Crippen LogP contribution is 2.26. The van der Waals surface area contributed by atoms with Gasteiger partial charge in [0.15, 0.2) is 6.10 Å². The fourth-order valence-corrected chi connectivity index (χ4v) is 1.99. The first kappa shape index (κ1) is 15.4. The third kappa shape index (κ3) is 3.67. The van der Waals surface area contributed by atoms with E-state index in [4.69, 9.17) is 22.7 Å². The number of thiocarbonyl (C=S) groups is 1. The summed E-state index contributed by atoms with van der Waals surface area (Å²) in [6.07, 6.45) is -0.525. The van der Waals surface area contributed by atoms with Crippen LogP contribution in [0.15, 0.2) is 12.1 Å². The Hall–Kier alpha value is -1.62. The highest BCUT2D eigenvalue weighted by molar-refractivity contribution is 7.80. The van der Waals surface area contributed by atoms with E-state index in [1.807, 2.05) is 26.0 Å². The van der Waals surface area contributed by atoms with Crippen molar-refractivity contribution < 1.29 is 9.53 Å². The fourth-order valence-electron chi connectivity index (χ4n) is 1.87. The first-order valence-corrected chi connectivity index (χ1v) is 6.43. The van der Waals surface area contributed by atoms with E-state index in [-0.39, 0.29) is 5.91 Å². The number of carbonyl (C=O) groups excluding carboxylic acids is 1. The molecule has 5 heteroatoms. The zero-order valence-electron chi connectivity index (χ0n) is 12.0. The number of aryl methyl sites for hydroxylation is 2. The summed E-state index contributed by atoms with van der Waals surface area (Å²) in [5, 5.41) is 0. The van der Waals surface area contributed by atoms with E-state index in [2.05, 4.69) is 0 Å². The molecule has 0 aliphatic rings. The van der Waals surface area contributed by atoms with Crippen molar-refractivity contribution in [2.45, 2.75) is 26.9 Å². The normalized spacial score (nSPS) is 11.8. The zero-order valence-corrected chi connectivity index (χ0v) is 12.8. The molecule has 1 amide bonds. The maximum absolute atomic E-state index is 11.8.